The van der Waals surface area contributed by atoms with E-state index in [9.17, 15) is 9.59 Å². The van der Waals surface area contributed by atoms with Gasteiger partial charge < -0.3 is 42.8 Å². The summed E-state index contributed by atoms with van der Waals surface area (Å²) in [6.07, 6.45) is 0.474. The second-order valence-electron chi connectivity index (χ2n) is 14.7. The largest absolute Gasteiger partial charge is 0.493 e. The van der Waals surface area contributed by atoms with Crippen LogP contribution < -0.4 is 37.9 Å². The lowest BCUT2D eigenvalue weighted by Gasteiger charge is -2.37. The molecule has 5 aliphatic rings. The highest BCUT2D eigenvalue weighted by molar-refractivity contribution is 6.30. The average molecular weight is 822 g/mol. The monoisotopic (exact) mass is 820 g/mol. The maximum atomic E-state index is 13.5. The Balaban J connectivity index is 0.000000172. The van der Waals surface area contributed by atoms with E-state index in [-0.39, 0.29) is 49.7 Å². The van der Waals surface area contributed by atoms with Crippen LogP contribution in [0.15, 0.2) is 66.7 Å². The summed E-state index contributed by atoms with van der Waals surface area (Å²) in [5, 5.41) is 0.646. The van der Waals surface area contributed by atoms with Crippen LogP contribution in [0.25, 0.3) is 0 Å². The number of hydrogen-bond acceptors (Lipinski definition) is 11. The number of nitrogens with zero attached hydrogens (tertiary/aromatic N) is 2. The maximum Gasteiger partial charge on any atom is 0.260 e. The zero-order valence-electron chi connectivity index (χ0n) is 32.3. The summed E-state index contributed by atoms with van der Waals surface area (Å²) in [6, 6.07) is 20.4. The minimum Gasteiger partial charge on any atom is -0.493 e. The highest BCUT2D eigenvalue weighted by Crippen LogP contribution is 2.50. The van der Waals surface area contributed by atoms with Crippen molar-refractivity contribution in [2.75, 3.05) is 60.4 Å². The number of carbonyl (C=O) groups is 2. The number of fused-ring (bicyclic) bond motifs is 7. The number of hydrogen-bond donors (Lipinski definition) is 0. The van der Waals surface area contributed by atoms with Crippen molar-refractivity contribution >= 4 is 35.7 Å². The lowest BCUT2D eigenvalue weighted by atomic mass is 9.81. The first-order valence-electron chi connectivity index (χ1n) is 18.9. The topological polar surface area (TPSA) is 114 Å². The quantitative estimate of drug-likeness (QED) is 0.183. The number of rotatable bonds is 8. The fourth-order valence-electron chi connectivity index (χ4n) is 7.68. The summed E-state index contributed by atoms with van der Waals surface area (Å²) in [4.78, 5) is 30.1. The van der Waals surface area contributed by atoms with E-state index >= 15 is 0 Å². The third-order valence-electron chi connectivity index (χ3n) is 10.8. The number of ketones is 1. The molecule has 1 amide bonds. The van der Waals surface area contributed by atoms with Crippen LogP contribution in [0.5, 0.6) is 46.0 Å². The highest BCUT2D eigenvalue weighted by Gasteiger charge is 2.45. The molecule has 0 bridgehead atoms. The van der Waals surface area contributed by atoms with Crippen molar-refractivity contribution in [2.24, 2.45) is 5.92 Å². The highest BCUT2D eigenvalue weighted by atomic mass is 35.5. The number of Topliss-reactive ketones (excluding diaryl/α,β-unsaturated/α-hetero) is 1. The maximum absolute atomic E-state index is 13.5. The molecule has 0 N–H and O–H groups in total. The number of piperazine rings is 1. The van der Waals surface area contributed by atoms with Gasteiger partial charge in [0.05, 0.1) is 25.7 Å². The minimum atomic E-state index is -0.438. The Morgan fingerprint density at radius 2 is 1.56 bits per heavy atom. The molecular formula is C43H46Cl2N2O10. The summed E-state index contributed by atoms with van der Waals surface area (Å²) >= 11 is 5.85. The van der Waals surface area contributed by atoms with Gasteiger partial charge in [-0.2, -0.15) is 0 Å². The molecule has 5 aliphatic heterocycles. The van der Waals surface area contributed by atoms with Crippen molar-refractivity contribution in [1.29, 1.82) is 0 Å². The average Bonchev–Trinajstić information content (AvgIpc) is 3.88. The molecule has 0 spiro atoms. The molecule has 0 aliphatic carbocycles. The Hall–Kier alpha value is -5.04. The van der Waals surface area contributed by atoms with Gasteiger partial charge in [0.2, 0.25) is 6.79 Å². The zero-order valence-corrected chi connectivity index (χ0v) is 33.9. The second-order valence-corrected chi connectivity index (χ2v) is 15.1. The van der Waals surface area contributed by atoms with Crippen molar-refractivity contribution in [3.05, 3.63) is 94.0 Å². The molecule has 9 rings (SSSR count). The molecule has 302 valence electrons. The lowest BCUT2D eigenvalue weighted by Crippen LogP contribution is -2.49. The normalized spacial score (nSPS) is 19.9. The van der Waals surface area contributed by atoms with Gasteiger partial charge in [-0.3, -0.25) is 14.5 Å². The predicted molar refractivity (Wildman–Crippen MR) is 215 cm³/mol. The summed E-state index contributed by atoms with van der Waals surface area (Å²) in [6.45, 7) is 8.82. The van der Waals surface area contributed by atoms with Crippen molar-refractivity contribution in [2.45, 2.75) is 44.9 Å². The fraction of sp³-hybridized carbons (Fsp3) is 0.395. The number of halogens is 2. The van der Waals surface area contributed by atoms with Crippen molar-refractivity contribution < 1.29 is 47.5 Å². The summed E-state index contributed by atoms with van der Waals surface area (Å²) < 4.78 is 45.5. The van der Waals surface area contributed by atoms with Crippen LogP contribution in [-0.4, -0.2) is 94.1 Å². The molecule has 57 heavy (non-hydrogen) atoms. The number of amides is 1. The summed E-state index contributed by atoms with van der Waals surface area (Å²) in [5.41, 5.74) is 3.56. The fourth-order valence-corrected chi connectivity index (χ4v) is 7.81. The van der Waals surface area contributed by atoms with E-state index in [1.807, 2.05) is 35.2 Å². The van der Waals surface area contributed by atoms with Crippen LogP contribution in [0.4, 0.5) is 0 Å². The Morgan fingerprint density at radius 3 is 2.30 bits per heavy atom. The van der Waals surface area contributed by atoms with Crippen molar-refractivity contribution in [3.8, 4) is 46.0 Å². The molecule has 14 heteroatoms. The minimum absolute atomic E-state index is 0. The van der Waals surface area contributed by atoms with Gasteiger partial charge in [-0.25, -0.2) is 0 Å². The van der Waals surface area contributed by atoms with Gasteiger partial charge in [0.15, 0.2) is 35.4 Å². The zero-order chi connectivity index (χ0) is 38.9. The molecule has 0 saturated carbocycles. The molecular weight excluding hydrogens is 775 g/mol. The molecule has 4 aromatic carbocycles. The van der Waals surface area contributed by atoms with Crippen molar-refractivity contribution in [1.82, 2.24) is 9.80 Å². The molecule has 5 heterocycles. The van der Waals surface area contributed by atoms with Gasteiger partial charge in [-0.1, -0.05) is 31.5 Å². The lowest BCUT2D eigenvalue weighted by molar-refractivity contribution is -0.135. The molecule has 4 aromatic rings. The van der Waals surface area contributed by atoms with Gasteiger partial charge in [0.25, 0.3) is 5.91 Å². The molecule has 3 unspecified atom stereocenters. The summed E-state index contributed by atoms with van der Waals surface area (Å²) in [7, 11) is 3.16. The van der Waals surface area contributed by atoms with E-state index in [1.54, 1.807) is 44.6 Å². The molecule has 3 atom stereocenters. The van der Waals surface area contributed by atoms with Gasteiger partial charge in [-0.05, 0) is 66.1 Å². The Bertz CT molecular complexity index is 2100. The Morgan fingerprint density at radius 1 is 0.842 bits per heavy atom. The third kappa shape index (κ3) is 8.35. The van der Waals surface area contributed by atoms with Gasteiger partial charge in [0, 0.05) is 61.4 Å². The number of methoxy groups -OCH3 is 2. The smallest absolute Gasteiger partial charge is 0.260 e. The first kappa shape index (κ1) is 40.2. The van der Waals surface area contributed by atoms with Gasteiger partial charge >= 0.3 is 0 Å². The molecule has 12 nitrogen and oxygen atoms in total. The second kappa shape index (κ2) is 17.2. The molecule has 0 aromatic heterocycles. The van der Waals surface area contributed by atoms with Crippen LogP contribution in [0.1, 0.15) is 46.8 Å². The first-order valence-corrected chi connectivity index (χ1v) is 19.3. The van der Waals surface area contributed by atoms with Crippen molar-refractivity contribution in [3.63, 3.8) is 0 Å². The Kier molecular flexibility index (Phi) is 12.1. The van der Waals surface area contributed by atoms with Crippen LogP contribution in [0.3, 0.4) is 0 Å². The SMILES string of the molecule is COc1cc2c(cc1OC)C1C(=O)c3ccc4c(c3OC1CO2)CC(C(C)C)O4.Cl.O=C(COc1ccc(Cl)cc1)N1CCN(Cc2ccc3c(c2)OCO3)CC1. The third-order valence-corrected chi connectivity index (χ3v) is 11.1. The molecule has 1 saturated heterocycles. The van der Waals surface area contributed by atoms with Crippen LogP contribution >= 0.6 is 24.0 Å². The van der Waals surface area contributed by atoms with E-state index < -0.39 is 5.92 Å². The molecule has 0 radical (unpaired) electrons. The Labute approximate surface area is 343 Å². The molecule has 1 fully saturated rings. The van der Waals surface area contributed by atoms with E-state index in [0.717, 1.165) is 54.4 Å². The van der Waals surface area contributed by atoms with Gasteiger partial charge in [-0.15, -0.1) is 12.4 Å². The van der Waals surface area contributed by atoms with Crippen LogP contribution in [0, 0.1) is 5.92 Å². The van der Waals surface area contributed by atoms with Gasteiger partial charge in [0.1, 0.15) is 41.8 Å². The number of benzene rings is 4. The first-order chi connectivity index (χ1) is 27.2. The van der Waals surface area contributed by atoms with E-state index in [0.29, 0.717) is 64.9 Å². The number of carbonyl (C=O) groups excluding carboxylic acids is 2. The van der Waals surface area contributed by atoms with E-state index in [4.69, 9.17) is 49.5 Å². The number of ether oxygens (including phenoxy) is 8. The van der Waals surface area contributed by atoms with E-state index in [2.05, 4.69) is 24.8 Å². The summed E-state index contributed by atoms with van der Waals surface area (Å²) in [5.74, 6) is 5.50. The van der Waals surface area contributed by atoms with E-state index in [1.165, 1.54) is 5.56 Å². The standard InChI is InChI=1S/C23H24O6.C20H21ClN2O4.ClH/c1-11(2)16-8-14-15(28-16)6-5-12-22(24)21-13-7-18(25-3)19(26-4)9-17(13)27-10-20(21)29-23(12)14;21-16-2-4-17(5-3-16)25-13-20(24)23-9-7-22(8-10-23)12-15-1-6-18-19(11-15)27-14-26-18;/h5-7,9,11,16,20-21H,8,10H2,1-4H3;1-6,11H,7-10,12-14H2;1H. The van der Waals surface area contributed by atoms with Crippen LogP contribution in [-0.2, 0) is 17.8 Å². The van der Waals surface area contributed by atoms with Crippen LogP contribution in [0.2, 0.25) is 5.02 Å². The predicted octanol–water partition coefficient (Wildman–Crippen LogP) is 7.00.